The Morgan fingerprint density at radius 3 is 2.48 bits per heavy atom. The van der Waals surface area contributed by atoms with Crippen LogP contribution in [-0.2, 0) is 13.1 Å². The molecule has 2 N–H and O–H groups in total. The Labute approximate surface area is 188 Å². The van der Waals surface area contributed by atoms with Gasteiger partial charge in [-0.25, -0.2) is 0 Å². The number of benzene rings is 3. The van der Waals surface area contributed by atoms with Gasteiger partial charge in [-0.2, -0.15) is 0 Å². The number of nitrogens with one attached hydrogen (secondary N) is 1. The van der Waals surface area contributed by atoms with Crippen molar-refractivity contribution in [2.45, 2.75) is 41.8 Å². The number of amides is 1. The summed E-state index contributed by atoms with van der Waals surface area (Å²) in [6.07, 6.45) is 2.17. The molecule has 5 heteroatoms. The Hall–Kier alpha value is -2.60. The Morgan fingerprint density at radius 1 is 0.968 bits per heavy atom. The average Bonchev–Trinajstić information content (AvgIpc) is 3.26. The van der Waals surface area contributed by atoms with Crippen LogP contribution in [0.3, 0.4) is 0 Å². The number of aliphatic hydroxyl groups excluding tert-OH is 1. The van der Waals surface area contributed by atoms with Crippen LogP contribution in [0, 0.1) is 0 Å². The second kappa shape index (κ2) is 10.6. The third-order valence-electron chi connectivity index (χ3n) is 5.74. The second-order valence-corrected chi connectivity index (χ2v) is 8.93. The van der Waals surface area contributed by atoms with Crippen molar-refractivity contribution < 1.29 is 9.90 Å². The molecule has 0 saturated carbocycles. The van der Waals surface area contributed by atoms with E-state index in [4.69, 9.17) is 0 Å². The highest BCUT2D eigenvalue weighted by atomic mass is 32.2. The maximum atomic E-state index is 13.0. The topological polar surface area (TPSA) is 52.6 Å². The van der Waals surface area contributed by atoms with Gasteiger partial charge in [0.05, 0.1) is 12.2 Å². The molecule has 0 aromatic heterocycles. The summed E-state index contributed by atoms with van der Waals surface area (Å²) in [6.45, 7) is 2.50. The zero-order chi connectivity index (χ0) is 21.5. The van der Waals surface area contributed by atoms with Crippen LogP contribution in [0.15, 0.2) is 88.7 Å². The van der Waals surface area contributed by atoms with E-state index in [-0.39, 0.29) is 18.6 Å². The van der Waals surface area contributed by atoms with E-state index in [0.29, 0.717) is 12.1 Å². The Balaban J connectivity index is 1.44. The fourth-order valence-corrected chi connectivity index (χ4v) is 5.01. The summed E-state index contributed by atoms with van der Waals surface area (Å²) in [5, 5.41) is 12.7. The fraction of sp³-hybridized carbons (Fsp3) is 0.269. The molecule has 0 radical (unpaired) electrons. The lowest BCUT2D eigenvalue weighted by atomic mass is 10.1. The van der Waals surface area contributed by atoms with Crippen molar-refractivity contribution in [1.29, 1.82) is 0 Å². The van der Waals surface area contributed by atoms with Crippen molar-refractivity contribution >= 4 is 17.7 Å². The van der Waals surface area contributed by atoms with Gasteiger partial charge in [0.1, 0.15) is 0 Å². The predicted molar refractivity (Wildman–Crippen MR) is 125 cm³/mol. The molecular weight excluding hydrogens is 404 g/mol. The molecule has 160 valence electrons. The molecule has 0 bridgehead atoms. The SMILES string of the molecule is O=C(NCc1ccccc1CN1CCCC1CO)c1ccccc1Sc1ccccc1. The zero-order valence-electron chi connectivity index (χ0n) is 17.5. The molecule has 1 heterocycles. The van der Waals surface area contributed by atoms with Gasteiger partial charge in [0.25, 0.3) is 5.91 Å². The normalized spacial score (nSPS) is 16.4. The first kappa shape index (κ1) is 21.6. The first-order chi connectivity index (χ1) is 15.2. The summed E-state index contributed by atoms with van der Waals surface area (Å²) in [5.41, 5.74) is 3.01. The highest BCUT2D eigenvalue weighted by Gasteiger charge is 2.24. The minimum atomic E-state index is -0.0664. The summed E-state index contributed by atoms with van der Waals surface area (Å²) >= 11 is 1.60. The molecule has 3 aromatic carbocycles. The van der Waals surface area contributed by atoms with Gasteiger partial charge in [0.15, 0.2) is 0 Å². The van der Waals surface area contributed by atoms with Crippen molar-refractivity contribution in [3.63, 3.8) is 0 Å². The molecule has 3 aromatic rings. The van der Waals surface area contributed by atoms with Crippen LogP contribution in [0.2, 0.25) is 0 Å². The third-order valence-corrected chi connectivity index (χ3v) is 6.83. The molecule has 31 heavy (non-hydrogen) atoms. The molecule has 1 fully saturated rings. The third kappa shape index (κ3) is 5.56. The van der Waals surface area contributed by atoms with Gasteiger partial charge in [-0.3, -0.25) is 9.69 Å². The minimum absolute atomic E-state index is 0.0664. The van der Waals surface area contributed by atoms with Crippen LogP contribution in [-0.4, -0.2) is 35.1 Å². The van der Waals surface area contributed by atoms with Crippen molar-refractivity contribution in [2.24, 2.45) is 0 Å². The van der Waals surface area contributed by atoms with E-state index in [1.807, 2.05) is 66.7 Å². The monoisotopic (exact) mass is 432 g/mol. The number of aliphatic hydroxyl groups is 1. The maximum Gasteiger partial charge on any atom is 0.252 e. The lowest BCUT2D eigenvalue weighted by Crippen LogP contribution is -2.32. The number of nitrogens with zero attached hydrogens (tertiary/aromatic N) is 1. The molecule has 1 aliphatic heterocycles. The van der Waals surface area contributed by atoms with Crippen LogP contribution in [0.5, 0.6) is 0 Å². The van der Waals surface area contributed by atoms with Gasteiger partial charge in [0.2, 0.25) is 0 Å². The van der Waals surface area contributed by atoms with Gasteiger partial charge in [-0.1, -0.05) is 66.4 Å². The molecule has 0 spiro atoms. The Kier molecular flexibility index (Phi) is 7.41. The van der Waals surface area contributed by atoms with E-state index in [2.05, 4.69) is 22.3 Å². The first-order valence-corrected chi connectivity index (χ1v) is 11.6. The highest BCUT2D eigenvalue weighted by Crippen LogP contribution is 2.30. The summed E-state index contributed by atoms with van der Waals surface area (Å²) in [6, 6.07) is 26.3. The molecule has 0 aliphatic carbocycles. The largest absolute Gasteiger partial charge is 0.395 e. The molecule has 4 nitrogen and oxygen atoms in total. The van der Waals surface area contributed by atoms with Gasteiger partial charge < -0.3 is 10.4 Å². The zero-order valence-corrected chi connectivity index (χ0v) is 18.4. The number of carbonyl (C=O) groups is 1. The molecule has 1 aliphatic rings. The Bertz CT molecular complexity index is 1010. The predicted octanol–water partition coefficient (Wildman–Crippen LogP) is 4.72. The number of hydrogen-bond donors (Lipinski definition) is 2. The van der Waals surface area contributed by atoms with Gasteiger partial charge in [-0.15, -0.1) is 0 Å². The summed E-state index contributed by atoms with van der Waals surface area (Å²) in [4.78, 5) is 17.4. The van der Waals surface area contributed by atoms with Crippen LogP contribution in [0.25, 0.3) is 0 Å². The van der Waals surface area contributed by atoms with Crippen LogP contribution < -0.4 is 5.32 Å². The number of rotatable bonds is 8. The summed E-state index contributed by atoms with van der Waals surface area (Å²) < 4.78 is 0. The van der Waals surface area contributed by atoms with Crippen LogP contribution in [0.4, 0.5) is 0 Å². The van der Waals surface area contributed by atoms with E-state index < -0.39 is 0 Å². The fourth-order valence-electron chi connectivity index (χ4n) is 4.04. The molecule has 4 rings (SSSR count). The standard InChI is InChI=1S/C26H28N2O2S/c29-19-22-11-8-16-28(22)18-21-10-5-4-9-20(21)17-27-26(30)24-14-6-7-15-25(24)31-23-12-2-1-3-13-23/h1-7,9-10,12-15,22,29H,8,11,16-19H2,(H,27,30). The van der Waals surface area contributed by atoms with Crippen molar-refractivity contribution in [1.82, 2.24) is 10.2 Å². The van der Waals surface area contributed by atoms with Crippen LogP contribution >= 0.6 is 11.8 Å². The quantitative estimate of drug-likeness (QED) is 0.541. The smallest absolute Gasteiger partial charge is 0.252 e. The minimum Gasteiger partial charge on any atom is -0.395 e. The molecule has 1 unspecified atom stereocenters. The lowest BCUT2D eigenvalue weighted by molar-refractivity contribution is 0.0947. The van der Waals surface area contributed by atoms with Gasteiger partial charge >= 0.3 is 0 Å². The molecule has 1 atom stereocenters. The number of carbonyl (C=O) groups excluding carboxylic acids is 1. The maximum absolute atomic E-state index is 13.0. The summed E-state index contributed by atoms with van der Waals surface area (Å²) in [7, 11) is 0. The van der Waals surface area contributed by atoms with E-state index in [0.717, 1.165) is 41.3 Å². The Morgan fingerprint density at radius 2 is 1.68 bits per heavy atom. The lowest BCUT2D eigenvalue weighted by Gasteiger charge is -2.24. The van der Waals surface area contributed by atoms with Gasteiger partial charge in [-0.05, 0) is 54.8 Å². The molecular formula is C26H28N2O2S. The number of likely N-dealkylation sites (tertiary alicyclic amines) is 1. The first-order valence-electron chi connectivity index (χ1n) is 10.8. The van der Waals surface area contributed by atoms with E-state index in [1.165, 1.54) is 5.56 Å². The van der Waals surface area contributed by atoms with E-state index in [9.17, 15) is 9.90 Å². The van der Waals surface area contributed by atoms with Crippen molar-refractivity contribution in [2.75, 3.05) is 13.2 Å². The van der Waals surface area contributed by atoms with Crippen molar-refractivity contribution in [3.05, 3.63) is 95.6 Å². The van der Waals surface area contributed by atoms with E-state index >= 15 is 0 Å². The van der Waals surface area contributed by atoms with Gasteiger partial charge in [0, 0.05) is 28.9 Å². The molecule has 1 saturated heterocycles. The second-order valence-electron chi connectivity index (χ2n) is 7.81. The highest BCUT2D eigenvalue weighted by molar-refractivity contribution is 7.99. The van der Waals surface area contributed by atoms with E-state index in [1.54, 1.807) is 11.8 Å². The van der Waals surface area contributed by atoms with Crippen LogP contribution in [0.1, 0.15) is 34.3 Å². The van der Waals surface area contributed by atoms with Crippen molar-refractivity contribution in [3.8, 4) is 0 Å². The summed E-state index contributed by atoms with van der Waals surface area (Å²) in [5.74, 6) is -0.0664. The average molecular weight is 433 g/mol. The number of hydrogen-bond acceptors (Lipinski definition) is 4. The molecule has 1 amide bonds.